The summed E-state index contributed by atoms with van der Waals surface area (Å²) in [5, 5.41) is 10.2. The van der Waals surface area contributed by atoms with Crippen molar-refractivity contribution >= 4 is 17.0 Å². The average Bonchev–Trinajstić information content (AvgIpc) is 2.86. The molecule has 2 heterocycles. The Bertz CT molecular complexity index is 764. The van der Waals surface area contributed by atoms with Gasteiger partial charge in [0, 0.05) is 17.6 Å². The summed E-state index contributed by atoms with van der Waals surface area (Å²) < 4.78 is 21.0. The summed E-state index contributed by atoms with van der Waals surface area (Å²) in [5.74, 6) is -0.464. The standard InChI is InChI=1S/C19H25FN2O3/c1-3-8-25-19(24)17-12(2)22(11-13-4-6-15(23)7-5-13)18-16(17)9-14(20)10-21-18/h9-10,13,15,23H,3-8,11H2,1-2H3. The average molecular weight is 348 g/mol. The predicted molar refractivity (Wildman–Crippen MR) is 93.0 cm³/mol. The third-order valence-electron chi connectivity index (χ3n) is 5.02. The fourth-order valence-corrected chi connectivity index (χ4v) is 3.65. The number of fused-ring (bicyclic) bond motifs is 1. The van der Waals surface area contributed by atoms with Crippen molar-refractivity contribution in [1.29, 1.82) is 0 Å². The lowest BCUT2D eigenvalue weighted by Gasteiger charge is -2.26. The number of carbonyl (C=O) groups is 1. The molecule has 1 aliphatic carbocycles. The summed E-state index contributed by atoms with van der Waals surface area (Å²) >= 11 is 0. The Balaban J connectivity index is 1.97. The van der Waals surface area contributed by atoms with E-state index in [1.54, 1.807) is 0 Å². The second-order valence-corrected chi connectivity index (χ2v) is 6.91. The van der Waals surface area contributed by atoms with Gasteiger partial charge < -0.3 is 14.4 Å². The molecule has 0 aromatic carbocycles. The number of rotatable bonds is 5. The van der Waals surface area contributed by atoms with Gasteiger partial charge in [0.2, 0.25) is 0 Å². The van der Waals surface area contributed by atoms with Crippen molar-refractivity contribution in [2.24, 2.45) is 5.92 Å². The van der Waals surface area contributed by atoms with E-state index in [0.717, 1.165) is 44.3 Å². The maximum atomic E-state index is 13.7. The summed E-state index contributed by atoms with van der Waals surface area (Å²) in [6.45, 7) is 4.85. The van der Waals surface area contributed by atoms with Gasteiger partial charge in [0.25, 0.3) is 0 Å². The van der Waals surface area contributed by atoms with Crippen molar-refractivity contribution < 1.29 is 19.0 Å². The molecule has 1 N–H and O–H groups in total. The molecular formula is C19H25FN2O3. The molecule has 0 radical (unpaired) electrons. The van der Waals surface area contributed by atoms with E-state index in [1.165, 1.54) is 12.3 Å². The highest BCUT2D eigenvalue weighted by Gasteiger charge is 2.26. The molecule has 0 atom stereocenters. The third-order valence-corrected chi connectivity index (χ3v) is 5.02. The highest BCUT2D eigenvalue weighted by atomic mass is 19.1. The highest BCUT2D eigenvalue weighted by molar-refractivity contribution is 6.05. The minimum Gasteiger partial charge on any atom is -0.462 e. The Kier molecular flexibility index (Phi) is 5.37. The van der Waals surface area contributed by atoms with E-state index < -0.39 is 11.8 Å². The van der Waals surface area contributed by atoms with Crippen molar-refractivity contribution in [3.05, 3.63) is 29.3 Å². The Morgan fingerprint density at radius 1 is 1.40 bits per heavy atom. The second-order valence-electron chi connectivity index (χ2n) is 6.91. The minimum absolute atomic E-state index is 0.203. The Morgan fingerprint density at radius 2 is 2.12 bits per heavy atom. The van der Waals surface area contributed by atoms with Crippen LogP contribution < -0.4 is 0 Å². The first-order valence-electron chi connectivity index (χ1n) is 9.00. The van der Waals surface area contributed by atoms with Crippen LogP contribution in [0, 0.1) is 18.7 Å². The van der Waals surface area contributed by atoms with E-state index in [4.69, 9.17) is 4.74 Å². The normalized spacial score (nSPS) is 20.8. The molecular weight excluding hydrogens is 323 g/mol. The topological polar surface area (TPSA) is 64.3 Å². The number of halogens is 1. The molecule has 0 bridgehead atoms. The van der Waals surface area contributed by atoms with Crippen molar-refractivity contribution in [3.63, 3.8) is 0 Å². The van der Waals surface area contributed by atoms with E-state index in [2.05, 4.69) is 4.98 Å². The number of carbonyl (C=O) groups excluding carboxylic acids is 1. The maximum absolute atomic E-state index is 13.7. The molecule has 5 nitrogen and oxygen atoms in total. The Morgan fingerprint density at radius 3 is 2.80 bits per heavy atom. The van der Waals surface area contributed by atoms with E-state index in [9.17, 15) is 14.3 Å². The van der Waals surface area contributed by atoms with Crippen LogP contribution in [0.15, 0.2) is 12.3 Å². The summed E-state index contributed by atoms with van der Waals surface area (Å²) in [6, 6.07) is 1.36. The van der Waals surface area contributed by atoms with Gasteiger partial charge in [0.1, 0.15) is 11.5 Å². The lowest BCUT2D eigenvalue weighted by atomic mass is 9.87. The molecule has 6 heteroatoms. The molecule has 25 heavy (non-hydrogen) atoms. The smallest absolute Gasteiger partial charge is 0.340 e. The number of esters is 1. The van der Waals surface area contributed by atoms with Crippen LogP contribution in [0.25, 0.3) is 11.0 Å². The van der Waals surface area contributed by atoms with Gasteiger partial charge in [-0.25, -0.2) is 14.2 Å². The summed E-state index contributed by atoms with van der Waals surface area (Å²) in [4.78, 5) is 16.7. The first-order chi connectivity index (χ1) is 12.0. The second kappa shape index (κ2) is 7.52. The van der Waals surface area contributed by atoms with Crippen LogP contribution in [-0.2, 0) is 11.3 Å². The van der Waals surface area contributed by atoms with Crippen LogP contribution in [0.2, 0.25) is 0 Å². The van der Waals surface area contributed by atoms with E-state index in [0.29, 0.717) is 29.1 Å². The number of ether oxygens (including phenoxy) is 1. The van der Waals surface area contributed by atoms with Crippen LogP contribution in [0.5, 0.6) is 0 Å². The van der Waals surface area contributed by atoms with Crippen molar-refractivity contribution in [1.82, 2.24) is 9.55 Å². The zero-order chi connectivity index (χ0) is 18.0. The van der Waals surface area contributed by atoms with E-state index in [-0.39, 0.29) is 6.10 Å². The molecule has 0 spiro atoms. The van der Waals surface area contributed by atoms with Gasteiger partial charge in [-0.15, -0.1) is 0 Å². The number of hydrogen-bond donors (Lipinski definition) is 1. The first-order valence-corrected chi connectivity index (χ1v) is 9.00. The fraction of sp³-hybridized carbons (Fsp3) is 0.579. The molecule has 0 saturated heterocycles. The number of aliphatic hydroxyl groups is 1. The minimum atomic E-state index is -0.463. The van der Waals surface area contributed by atoms with Crippen LogP contribution >= 0.6 is 0 Å². The maximum Gasteiger partial charge on any atom is 0.340 e. The zero-order valence-electron chi connectivity index (χ0n) is 14.8. The largest absolute Gasteiger partial charge is 0.462 e. The number of aliphatic hydroxyl groups excluding tert-OH is 1. The van der Waals surface area contributed by atoms with Crippen LogP contribution in [0.4, 0.5) is 4.39 Å². The molecule has 3 rings (SSSR count). The number of aromatic nitrogens is 2. The molecule has 1 saturated carbocycles. The molecule has 0 amide bonds. The summed E-state index contributed by atoms with van der Waals surface area (Å²) in [6.07, 6.45) is 5.20. The Hall–Kier alpha value is -1.95. The van der Waals surface area contributed by atoms with Crippen LogP contribution in [0.1, 0.15) is 55.1 Å². The van der Waals surface area contributed by atoms with Gasteiger partial charge in [0.05, 0.1) is 24.5 Å². The molecule has 1 aliphatic rings. The number of pyridine rings is 1. The lowest BCUT2D eigenvalue weighted by Crippen LogP contribution is -2.22. The molecule has 1 fully saturated rings. The monoisotopic (exact) mass is 348 g/mol. The quantitative estimate of drug-likeness (QED) is 0.839. The highest BCUT2D eigenvalue weighted by Crippen LogP contribution is 2.31. The zero-order valence-corrected chi connectivity index (χ0v) is 14.8. The van der Waals surface area contributed by atoms with E-state index in [1.807, 2.05) is 18.4 Å². The van der Waals surface area contributed by atoms with Crippen LogP contribution in [-0.4, -0.2) is 33.3 Å². The predicted octanol–water partition coefficient (Wildman–Crippen LogP) is 3.60. The van der Waals surface area contributed by atoms with E-state index >= 15 is 0 Å². The fourth-order valence-electron chi connectivity index (χ4n) is 3.65. The molecule has 2 aromatic rings. The van der Waals surface area contributed by atoms with Gasteiger partial charge in [-0.3, -0.25) is 0 Å². The van der Waals surface area contributed by atoms with Gasteiger partial charge in [-0.1, -0.05) is 6.92 Å². The molecule has 2 aromatic heterocycles. The van der Waals surface area contributed by atoms with Gasteiger partial charge in [0.15, 0.2) is 0 Å². The molecule has 136 valence electrons. The Labute approximate surface area is 146 Å². The number of nitrogens with zero attached hydrogens (tertiary/aromatic N) is 2. The third kappa shape index (κ3) is 3.68. The van der Waals surface area contributed by atoms with Gasteiger partial charge in [-0.05, 0) is 51.0 Å². The molecule has 0 aliphatic heterocycles. The van der Waals surface area contributed by atoms with Gasteiger partial charge in [-0.2, -0.15) is 0 Å². The van der Waals surface area contributed by atoms with Crippen molar-refractivity contribution in [2.45, 2.75) is 58.6 Å². The van der Waals surface area contributed by atoms with Crippen molar-refractivity contribution in [2.75, 3.05) is 6.61 Å². The lowest BCUT2D eigenvalue weighted by molar-refractivity contribution is 0.0506. The SMILES string of the molecule is CCCOC(=O)c1c(C)n(CC2CCC(O)CC2)c2ncc(F)cc12. The summed E-state index contributed by atoms with van der Waals surface area (Å²) in [7, 11) is 0. The number of hydrogen-bond acceptors (Lipinski definition) is 4. The first kappa shape index (κ1) is 17.9. The van der Waals surface area contributed by atoms with Gasteiger partial charge >= 0.3 is 5.97 Å². The van der Waals surface area contributed by atoms with Crippen molar-refractivity contribution in [3.8, 4) is 0 Å². The summed E-state index contributed by atoms with van der Waals surface area (Å²) in [5.41, 5.74) is 1.79. The molecule has 0 unspecified atom stereocenters. The van der Waals surface area contributed by atoms with Crippen LogP contribution in [0.3, 0.4) is 0 Å².